The molecule has 0 saturated heterocycles. The Balaban J connectivity index is 1.82. The summed E-state index contributed by atoms with van der Waals surface area (Å²) in [5.41, 5.74) is 7.35. The maximum atomic E-state index is 12.5. The highest BCUT2D eigenvalue weighted by atomic mass is 16.5. The van der Waals surface area contributed by atoms with E-state index in [2.05, 4.69) is 5.32 Å². The summed E-state index contributed by atoms with van der Waals surface area (Å²) in [6, 6.07) is 7.73. The van der Waals surface area contributed by atoms with Crippen LogP contribution in [0.5, 0.6) is 0 Å². The maximum absolute atomic E-state index is 12.5. The molecule has 1 aliphatic rings. The summed E-state index contributed by atoms with van der Waals surface area (Å²) in [5.74, 6) is -0.0781. The molecule has 134 valence electrons. The normalized spacial score (nSPS) is 17.0. The van der Waals surface area contributed by atoms with Crippen LogP contribution >= 0.6 is 0 Å². The van der Waals surface area contributed by atoms with Crippen LogP contribution in [0.3, 0.4) is 0 Å². The number of hydrogen-bond acceptors (Lipinski definition) is 4. The molecule has 0 unspecified atom stereocenters. The van der Waals surface area contributed by atoms with Gasteiger partial charge in [-0.3, -0.25) is 4.79 Å². The van der Waals surface area contributed by atoms with E-state index in [0.717, 1.165) is 36.9 Å². The van der Waals surface area contributed by atoms with Crippen LogP contribution in [0.25, 0.3) is 0 Å². The third-order valence-electron chi connectivity index (χ3n) is 4.33. The van der Waals surface area contributed by atoms with Gasteiger partial charge in [-0.1, -0.05) is 31.4 Å². The zero-order valence-corrected chi connectivity index (χ0v) is 14.8. The Morgan fingerprint density at radius 1 is 1.25 bits per heavy atom. The molecule has 1 aromatic carbocycles. The first-order valence-corrected chi connectivity index (χ1v) is 8.88. The first kappa shape index (κ1) is 18.9. The number of ether oxygens (including phenoxy) is 2. The van der Waals surface area contributed by atoms with E-state index in [-0.39, 0.29) is 12.0 Å². The van der Waals surface area contributed by atoms with Crippen LogP contribution < -0.4 is 11.1 Å². The third kappa shape index (κ3) is 5.89. The summed E-state index contributed by atoms with van der Waals surface area (Å²) >= 11 is 0. The van der Waals surface area contributed by atoms with Gasteiger partial charge in [0.05, 0.1) is 31.5 Å². The van der Waals surface area contributed by atoms with Gasteiger partial charge in [0.2, 0.25) is 5.91 Å². The molecular formula is C19H30N2O3. The van der Waals surface area contributed by atoms with Gasteiger partial charge in [0.25, 0.3) is 0 Å². The minimum Gasteiger partial charge on any atom is -0.376 e. The number of nitrogens with two attached hydrogens (primary N) is 1. The van der Waals surface area contributed by atoms with Gasteiger partial charge in [-0.05, 0) is 44.4 Å². The van der Waals surface area contributed by atoms with Gasteiger partial charge >= 0.3 is 0 Å². The van der Waals surface area contributed by atoms with E-state index in [4.69, 9.17) is 15.2 Å². The smallest absolute Gasteiger partial charge is 0.244 e. The van der Waals surface area contributed by atoms with E-state index in [9.17, 15) is 4.79 Å². The Morgan fingerprint density at radius 3 is 2.71 bits per heavy atom. The molecule has 0 aromatic heterocycles. The average Bonchev–Trinajstić information content (AvgIpc) is 2.55. The predicted molar refractivity (Wildman–Crippen MR) is 95.8 cm³/mol. The molecule has 1 aliphatic carbocycles. The SMILES string of the molecule is CC(C)OCCOCc1cccc(NC(=O)C2(N)CCCCC2)c1. The number of carbonyl (C=O) groups excluding carboxylic acids is 1. The zero-order valence-electron chi connectivity index (χ0n) is 14.8. The molecule has 0 atom stereocenters. The topological polar surface area (TPSA) is 73.6 Å². The Labute approximate surface area is 144 Å². The van der Waals surface area contributed by atoms with Crippen LogP contribution in [0.15, 0.2) is 24.3 Å². The first-order valence-electron chi connectivity index (χ1n) is 8.88. The van der Waals surface area contributed by atoms with Gasteiger partial charge in [-0.2, -0.15) is 0 Å². The lowest BCUT2D eigenvalue weighted by atomic mass is 9.82. The minimum atomic E-state index is -0.723. The molecule has 5 nitrogen and oxygen atoms in total. The van der Waals surface area contributed by atoms with Crippen molar-refractivity contribution in [1.82, 2.24) is 0 Å². The second-order valence-corrected chi connectivity index (χ2v) is 6.84. The van der Waals surface area contributed by atoms with Crippen LogP contribution in [0, 0.1) is 0 Å². The largest absolute Gasteiger partial charge is 0.376 e. The second-order valence-electron chi connectivity index (χ2n) is 6.84. The molecule has 1 aromatic rings. The molecule has 0 aliphatic heterocycles. The molecule has 0 radical (unpaired) electrons. The molecule has 24 heavy (non-hydrogen) atoms. The Hall–Kier alpha value is -1.43. The maximum Gasteiger partial charge on any atom is 0.244 e. The van der Waals surface area contributed by atoms with Gasteiger partial charge in [-0.15, -0.1) is 0 Å². The lowest BCUT2D eigenvalue weighted by molar-refractivity contribution is -0.122. The highest BCUT2D eigenvalue weighted by molar-refractivity contribution is 5.98. The van der Waals surface area contributed by atoms with E-state index in [1.807, 2.05) is 38.1 Å². The first-order chi connectivity index (χ1) is 11.5. The van der Waals surface area contributed by atoms with Crippen molar-refractivity contribution in [2.45, 2.75) is 64.2 Å². The summed E-state index contributed by atoms with van der Waals surface area (Å²) in [5, 5.41) is 2.96. The van der Waals surface area contributed by atoms with Crippen molar-refractivity contribution < 1.29 is 14.3 Å². The zero-order chi connectivity index (χ0) is 17.4. The molecule has 0 heterocycles. The van der Waals surface area contributed by atoms with Crippen LogP contribution in [0.2, 0.25) is 0 Å². The fourth-order valence-electron chi connectivity index (χ4n) is 2.94. The Kier molecular flexibility index (Phi) is 7.21. The highest BCUT2D eigenvalue weighted by Crippen LogP contribution is 2.27. The van der Waals surface area contributed by atoms with Crippen molar-refractivity contribution in [3.8, 4) is 0 Å². The van der Waals surface area contributed by atoms with E-state index in [1.165, 1.54) is 6.42 Å². The monoisotopic (exact) mass is 334 g/mol. The van der Waals surface area contributed by atoms with Gasteiger partial charge in [0, 0.05) is 5.69 Å². The van der Waals surface area contributed by atoms with Gasteiger partial charge in [0.1, 0.15) is 0 Å². The van der Waals surface area contributed by atoms with Crippen molar-refractivity contribution in [2.75, 3.05) is 18.5 Å². The van der Waals surface area contributed by atoms with Crippen molar-refractivity contribution in [3.63, 3.8) is 0 Å². The molecule has 0 spiro atoms. The fraction of sp³-hybridized carbons (Fsp3) is 0.632. The lowest BCUT2D eigenvalue weighted by Crippen LogP contribution is -2.52. The quantitative estimate of drug-likeness (QED) is 0.716. The minimum absolute atomic E-state index is 0.0781. The van der Waals surface area contributed by atoms with E-state index < -0.39 is 5.54 Å². The molecule has 5 heteroatoms. The van der Waals surface area contributed by atoms with Gasteiger partial charge in [-0.25, -0.2) is 0 Å². The molecule has 3 N–H and O–H groups in total. The molecular weight excluding hydrogens is 304 g/mol. The molecule has 0 bridgehead atoms. The highest BCUT2D eigenvalue weighted by Gasteiger charge is 2.35. The predicted octanol–water partition coefficient (Wildman–Crippen LogP) is 3.23. The van der Waals surface area contributed by atoms with Crippen molar-refractivity contribution in [3.05, 3.63) is 29.8 Å². The van der Waals surface area contributed by atoms with Crippen molar-refractivity contribution >= 4 is 11.6 Å². The molecule has 2 rings (SSSR count). The number of hydrogen-bond donors (Lipinski definition) is 2. The Morgan fingerprint density at radius 2 is 2.00 bits per heavy atom. The van der Waals surface area contributed by atoms with Gasteiger partial charge < -0.3 is 20.5 Å². The summed E-state index contributed by atoms with van der Waals surface area (Å²) in [6.45, 7) is 5.65. The van der Waals surface area contributed by atoms with Crippen LogP contribution in [0.1, 0.15) is 51.5 Å². The summed E-state index contributed by atoms with van der Waals surface area (Å²) in [6.07, 6.45) is 4.96. The fourth-order valence-corrected chi connectivity index (χ4v) is 2.94. The number of amides is 1. The lowest BCUT2D eigenvalue weighted by Gasteiger charge is -2.31. The number of rotatable bonds is 8. The average molecular weight is 334 g/mol. The van der Waals surface area contributed by atoms with Crippen LogP contribution in [0.4, 0.5) is 5.69 Å². The molecule has 1 fully saturated rings. The van der Waals surface area contributed by atoms with Gasteiger partial charge in [0.15, 0.2) is 0 Å². The van der Waals surface area contributed by atoms with Crippen LogP contribution in [-0.2, 0) is 20.9 Å². The van der Waals surface area contributed by atoms with E-state index in [0.29, 0.717) is 19.8 Å². The van der Waals surface area contributed by atoms with Crippen LogP contribution in [-0.4, -0.2) is 30.8 Å². The summed E-state index contributed by atoms with van der Waals surface area (Å²) in [4.78, 5) is 12.5. The second kappa shape index (κ2) is 9.16. The van der Waals surface area contributed by atoms with Crippen molar-refractivity contribution in [1.29, 1.82) is 0 Å². The standard InChI is InChI=1S/C19H30N2O3/c1-15(2)24-12-11-23-14-16-7-6-8-17(13-16)21-18(22)19(20)9-4-3-5-10-19/h6-8,13,15H,3-5,9-12,14,20H2,1-2H3,(H,21,22). The number of carbonyl (C=O) groups is 1. The summed E-state index contributed by atoms with van der Waals surface area (Å²) < 4.78 is 11.0. The third-order valence-corrected chi connectivity index (χ3v) is 4.33. The number of nitrogens with one attached hydrogen (secondary N) is 1. The molecule has 1 amide bonds. The summed E-state index contributed by atoms with van der Waals surface area (Å²) in [7, 11) is 0. The van der Waals surface area contributed by atoms with Crippen molar-refractivity contribution in [2.24, 2.45) is 5.73 Å². The van der Waals surface area contributed by atoms with E-state index in [1.54, 1.807) is 0 Å². The number of benzene rings is 1. The van der Waals surface area contributed by atoms with E-state index >= 15 is 0 Å². The number of anilines is 1. The molecule has 1 saturated carbocycles. The Bertz CT molecular complexity index is 525.